The number of rotatable bonds is 0. The number of amides is 1. The first-order valence-corrected chi connectivity index (χ1v) is 5.43. The van der Waals surface area contributed by atoms with Crippen molar-refractivity contribution in [2.45, 2.75) is 38.1 Å². The van der Waals surface area contributed by atoms with Crippen molar-refractivity contribution in [2.75, 3.05) is 0 Å². The van der Waals surface area contributed by atoms with Gasteiger partial charge in [0.05, 0.1) is 6.04 Å². The zero-order valence-corrected chi connectivity index (χ0v) is 8.15. The summed E-state index contributed by atoms with van der Waals surface area (Å²) in [6, 6.07) is -0.0272. The highest BCUT2D eigenvalue weighted by atomic mass is 16.5. The number of carbonyl (C=O) groups is 1. The second-order valence-corrected chi connectivity index (χ2v) is 4.84. The first kappa shape index (κ1) is 8.48. The first-order chi connectivity index (χ1) is 6.73. The van der Waals surface area contributed by atoms with Crippen LogP contribution in [0.2, 0.25) is 0 Å². The SMILES string of the molecule is O=C1CC2C(C=CC23CCCC3)N1O. The number of fused-ring (bicyclic) bond motifs is 2. The lowest BCUT2D eigenvalue weighted by Gasteiger charge is -2.29. The van der Waals surface area contributed by atoms with E-state index in [-0.39, 0.29) is 17.4 Å². The summed E-state index contributed by atoms with van der Waals surface area (Å²) in [5.41, 5.74) is 0.248. The number of hydroxylamine groups is 2. The van der Waals surface area contributed by atoms with E-state index in [9.17, 15) is 10.0 Å². The largest absolute Gasteiger partial charge is 0.285 e. The minimum Gasteiger partial charge on any atom is -0.285 e. The molecule has 76 valence electrons. The molecule has 14 heavy (non-hydrogen) atoms. The van der Waals surface area contributed by atoms with Crippen LogP contribution in [0.5, 0.6) is 0 Å². The quantitative estimate of drug-likeness (QED) is 0.470. The molecule has 2 unspecified atom stereocenters. The molecular weight excluding hydrogens is 178 g/mol. The smallest absolute Gasteiger partial charge is 0.246 e. The number of nitrogens with zero attached hydrogens (tertiary/aromatic N) is 1. The van der Waals surface area contributed by atoms with Gasteiger partial charge in [0.1, 0.15) is 0 Å². The second-order valence-electron chi connectivity index (χ2n) is 4.84. The van der Waals surface area contributed by atoms with Crippen molar-refractivity contribution in [1.82, 2.24) is 5.06 Å². The summed E-state index contributed by atoms with van der Waals surface area (Å²) in [7, 11) is 0. The lowest BCUT2D eigenvalue weighted by atomic mass is 9.75. The predicted octanol–water partition coefficient (Wildman–Crippen LogP) is 1.72. The van der Waals surface area contributed by atoms with E-state index in [4.69, 9.17) is 0 Å². The van der Waals surface area contributed by atoms with Crippen molar-refractivity contribution in [1.29, 1.82) is 0 Å². The van der Waals surface area contributed by atoms with Crippen LogP contribution in [0.3, 0.4) is 0 Å². The molecule has 0 bridgehead atoms. The Morgan fingerprint density at radius 3 is 2.86 bits per heavy atom. The Labute approximate surface area is 83.4 Å². The molecule has 0 radical (unpaired) electrons. The average molecular weight is 193 g/mol. The van der Waals surface area contributed by atoms with Crippen LogP contribution in [-0.2, 0) is 4.79 Å². The Bertz CT molecular complexity index is 304. The Balaban J connectivity index is 1.93. The van der Waals surface area contributed by atoms with Crippen LogP contribution in [-0.4, -0.2) is 22.2 Å². The Morgan fingerprint density at radius 1 is 1.43 bits per heavy atom. The van der Waals surface area contributed by atoms with E-state index in [0.29, 0.717) is 12.3 Å². The molecule has 0 aromatic rings. The van der Waals surface area contributed by atoms with Crippen LogP contribution < -0.4 is 0 Å². The summed E-state index contributed by atoms with van der Waals surface area (Å²) in [5.74, 6) is 0.248. The third-order valence-electron chi connectivity index (χ3n) is 4.24. The Morgan fingerprint density at radius 2 is 2.14 bits per heavy atom. The molecule has 1 N–H and O–H groups in total. The van der Waals surface area contributed by atoms with Crippen LogP contribution in [0.25, 0.3) is 0 Å². The lowest BCUT2D eigenvalue weighted by Crippen LogP contribution is -2.32. The van der Waals surface area contributed by atoms with Crippen molar-refractivity contribution in [3.05, 3.63) is 12.2 Å². The van der Waals surface area contributed by atoms with Crippen LogP contribution in [0.1, 0.15) is 32.1 Å². The predicted molar refractivity (Wildman–Crippen MR) is 50.6 cm³/mol. The summed E-state index contributed by atoms with van der Waals surface area (Å²) >= 11 is 0. The molecule has 1 heterocycles. The van der Waals surface area contributed by atoms with Crippen molar-refractivity contribution >= 4 is 5.91 Å². The number of allylic oxidation sites excluding steroid dienone is 1. The zero-order valence-electron chi connectivity index (χ0n) is 8.15. The molecule has 3 aliphatic rings. The van der Waals surface area contributed by atoms with E-state index < -0.39 is 0 Å². The molecule has 3 heteroatoms. The van der Waals surface area contributed by atoms with E-state index in [1.165, 1.54) is 25.7 Å². The number of carbonyl (C=O) groups excluding carboxylic acids is 1. The van der Waals surface area contributed by atoms with Crippen molar-refractivity contribution in [3.8, 4) is 0 Å². The van der Waals surface area contributed by atoms with Gasteiger partial charge < -0.3 is 0 Å². The van der Waals surface area contributed by atoms with Gasteiger partial charge in [-0.3, -0.25) is 10.0 Å². The van der Waals surface area contributed by atoms with Gasteiger partial charge in [0, 0.05) is 12.3 Å². The van der Waals surface area contributed by atoms with Gasteiger partial charge >= 0.3 is 0 Å². The van der Waals surface area contributed by atoms with Crippen LogP contribution in [0, 0.1) is 11.3 Å². The molecule has 1 spiro atoms. The van der Waals surface area contributed by atoms with E-state index in [0.717, 1.165) is 5.06 Å². The van der Waals surface area contributed by atoms with E-state index in [1.54, 1.807) is 0 Å². The van der Waals surface area contributed by atoms with Gasteiger partial charge in [-0.15, -0.1) is 0 Å². The summed E-state index contributed by atoms with van der Waals surface area (Å²) < 4.78 is 0. The van der Waals surface area contributed by atoms with E-state index in [1.807, 2.05) is 6.08 Å². The molecule has 1 amide bonds. The van der Waals surface area contributed by atoms with Crippen molar-refractivity contribution in [3.63, 3.8) is 0 Å². The van der Waals surface area contributed by atoms with Crippen molar-refractivity contribution in [2.24, 2.45) is 11.3 Å². The fraction of sp³-hybridized carbons (Fsp3) is 0.727. The molecule has 1 saturated carbocycles. The molecule has 2 fully saturated rings. The molecule has 0 aromatic carbocycles. The van der Waals surface area contributed by atoms with Gasteiger partial charge in [-0.05, 0) is 18.3 Å². The second kappa shape index (κ2) is 2.60. The average Bonchev–Trinajstić information content (AvgIpc) is 2.82. The Kier molecular flexibility index (Phi) is 1.57. The topological polar surface area (TPSA) is 40.5 Å². The van der Waals surface area contributed by atoms with Gasteiger partial charge in [0.2, 0.25) is 5.91 Å². The summed E-state index contributed by atoms with van der Waals surface area (Å²) in [5, 5.41) is 10.5. The Hall–Kier alpha value is -0.830. The maximum Gasteiger partial charge on any atom is 0.246 e. The highest BCUT2D eigenvalue weighted by molar-refractivity contribution is 5.79. The maximum atomic E-state index is 11.4. The van der Waals surface area contributed by atoms with Crippen LogP contribution in [0.15, 0.2) is 12.2 Å². The molecule has 3 rings (SSSR count). The fourth-order valence-electron chi connectivity index (χ4n) is 3.48. The minimum atomic E-state index is -0.101. The van der Waals surface area contributed by atoms with Gasteiger partial charge in [0.25, 0.3) is 0 Å². The maximum absolute atomic E-state index is 11.4. The summed E-state index contributed by atoms with van der Waals surface area (Å²) in [6.07, 6.45) is 9.76. The zero-order chi connectivity index (χ0) is 9.76. The van der Waals surface area contributed by atoms with Crippen LogP contribution >= 0.6 is 0 Å². The molecule has 3 nitrogen and oxygen atoms in total. The number of hydrogen-bond donors (Lipinski definition) is 1. The minimum absolute atomic E-state index is 0.0272. The fourth-order valence-corrected chi connectivity index (χ4v) is 3.48. The van der Waals surface area contributed by atoms with Gasteiger partial charge in [-0.2, -0.15) is 0 Å². The van der Waals surface area contributed by atoms with Gasteiger partial charge in [-0.1, -0.05) is 25.0 Å². The highest BCUT2D eigenvalue weighted by Gasteiger charge is 2.53. The lowest BCUT2D eigenvalue weighted by molar-refractivity contribution is -0.162. The number of hydrogen-bond acceptors (Lipinski definition) is 2. The summed E-state index contributed by atoms with van der Waals surface area (Å²) in [4.78, 5) is 11.4. The highest BCUT2D eigenvalue weighted by Crippen LogP contribution is 2.54. The molecule has 2 aliphatic carbocycles. The van der Waals surface area contributed by atoms with E-state index in [2.05, 4.69) is 6.08 Å². The first-order valence-electron chi connectivity index (χ1n) is 5.43. The molecular formula is C11H15NO2. The van der Waals surface area contributed by atoms with Gasteiger partial charge in [-0.25, -0.2) is 5.06 Å². The molecule has 0 aromatic heterocycles. The monoisotopic (exact) mass is 193 g/mol. The third kappa shape index (κ3) is 0.883. The van der Waals surface area contributed by atoms with Crippen LogP contribution in [0.4, 0.5) is 0 Å². The van der Waals surface area contributed by atoms with E-state index >= 15 is 0 Å². The third-order valence-corrected chi connectivity index (χ3v) is 4.24. The standard InChI is InChI=1S/C11H15NO2/c13-10-7-8-9(12(10)14)3-6-11(8)4-1-2-5-11/h3,6,8-9,14H,1-2,4-5,7H2. The normalized spacial score (nSPS) is 38.6. The summed E-state index contributed by atoms with van der Waals surface area (Å²) in [6.45, 7) is 0. The van der Waals surface area contributed by atoms with Crippen molar-refractivity contribution < 1.29 is 10.0 Å². The molecule has 1 saturated heterocycles. The molecule has 2 atom stereocenters. The molecule has 1 aliphatic heterocycles. The van der Waals surface area contributed by atoms with Gasteiger partial charge in [0.15, 0.2) is 0 Å².